The smallest absolute Gasteiger partial charge is 0.108 e. The molecule has 0 bridgehead atoms. The highest BCUT2D eigenvalue weighted by Crippen LogP contribution is 2.17. The SMILES string of the molecule is CC(C)OCCCNCCc1nc2ccc(Cl)cc2[nH]1. The lowest BCUT2D eigenvalue weighted by Crippen LogP contribution is -2.20. The number of nitrogens with zero attached hydrogens (tertiary/aromatic N) is 1. The van der Waals surface area contributed by atoms with Crippen LogP contribution in [0.4, 0.5) is 0 Å². The van der Waals surface area contributed by atoms with Crippen molar-refractivity contribution in [3.05, 3.63) is 29.0 Å². The van der Waals surface area contributed by atoms with Crippen molar-refractivity contribution in [2.75, 3.05) is 19.7 Å². The van der Waals surface area contributed by atoms with E-state index >= 15 is 0 Å². The number of hydrogen-bond acceptors (Lipinski definition) is 3. The zero-order valence-corrected chi connectivity index (χ0v) is 12.8. The summed E-state index contributed by atoms with van der Waals surface area (Å²) in [6, 6.07) is 5.71. The van der Waals surface area contributed by atoms with Gasteiger partial charge in [0, 0.05) is 24.6 Å². The molecule has 0 fully saturated rings. The van der Waals surface area contributed by atoms with E-state index in [9.17, 15) is 0 Å². The predicted octanol–water partition coefficient (Wildman–Crippen LogP) is 3.16. The minimum atomic E-state index is 0.317. The maximum Gasteiger partial charge on any atom is 0.108 e. The Balaban J connectivity index is 1.68. The van der Waals surface area contributed by atoms with Gasteiger partial charge in [-0.25, -0.2) is 4.98 Å². The van der Waals surface area contributed by atoms with Crippen LogP contribution in [-0.2, 0) is 11.2 Å². The number of halogens is 1. The summed E-state index contributed by atoms with van der Waals surface area (Å²) in [7, 11) is 0. The maximum atomic E-state index is 5.95. The van der Waals surface area contributed by atoms with Crippen molar-refractivity contribution >= 4 is 22.6 Å². The standard InChI is InChI=1S/C15H22ClN3O/c1-11(2)20-9-3-7-17-8-6-15-18-13-5-4-12(16)10-14(13)19-15/h4-5,10-11,17H,3,6-9H2,1-2H3,(H,18,19). The van der Waals surface area contributed by atoms with Crippen molar-refractivity contribution in [1.29, 1.82) is 0 Å². The minimum absolute atomic E-state index is 0.317. The van der Waals surface area contributed by atoms with Crippen LogP contribution in [0.5, 0.6) is 0 Å². The molecular formula is C15H22ClN3O. The number of aromatic amines is 1. The predicted molar refractivity (Wildman–Crippen MR) is 83.4 cm³/mol. The van der Waals surface area contributed by atoms with Crippen LogP contribution in [0.25, 0.3) is 11.0 Å². The Hall–Kier alpha value is -1.10. The maximum absolute atomic E-state index is 5.95. The third-order valence-electron chi connectivity index (χ3n) is 2.98. The molecule has 0 aliphatic rings. The lowest BCUT2D eigenvalue weighted by Gasteiger charge is -2.07. The molecule has 0 unspecified atom stereocenters. The fourth-order valence-electron chi connectivity index (χ4n) is 2.00. The third kappa shape index (κ3) is 4.78. The number of ether oxygens (including phenoxy) is 1. The zero-order valence-electron chi connectivity index (χ0n) is 12.1. The second-order valence-electron chi connectivity index (χ2n) is 5.12. The van der Waals surface area contributed by atoms with Crippen molar-refractivity contribution < 1.29 is 4.74 Å². The lowest BCUT2D eigenvalue weighted by atomic mass is 10.3. The molecule has 5 heteroatoms. The summed E-state index contributed by atoms with van der Waals surface area (Å²) >= 11 is 5.95. The van der Waals surface area contributed by atoms with Crippen LogP contribution >= 0.6 is 11.6 Å². The summed E-state index contributed by atoms with van der Waals surface area (Å²) in [4.78, 5) is 7.83. The first-order chi connectivity index (χ1) is 9.65. The molecule has 0 spiro atoms. The van der Waals surface area contributed by atoms with Crippen LogP contribution < -0.4 is 5.32 Å². The van der Waals surface area contributed by atoms with Crippen LogP contribution in [0.1, 0.15) is 26.1 Å². The highest BCUT2D eigenvalue weighted by atomic mass is 35.5. The van der Waals surface area contributed by atoms with Crippen molar-refractivity contribution in [1.82, 2.24) is 15.3 Å². The van der Waals surface area contributed by atoms with Gasteiger partial charge >= 0.3 is 0 Å². The Morgan fingerprint density at radius 2 is 2.20 bits per heavy atom. The number of hydrogen-bond donors (Lipinski definition) is 2. The monoisotopic (exact) mass is 295 g/mol. The van der Waals surface area contributed by atoms with Gasteiger partial charge in [-0.15, -0.1) is 0 Å². The number of aromatic nitrogens is 2. The summed E-state index contributed by atoms with van der Waals surface area (Å²) in [5.74, 6) is 0.994. The molecule has 1 aromatic carbocycles. The normalized spacial score (nSPS) is 11.6. The van der Waals surface area contributed by atoms with Gasteiger partial charge in [-0.2, -0.15) is 0 Å². The van der Waals surface area contributed by atoms with E-state index < -0.39 is 0 Å². The summed E-state index contributed by atoms with van der Waals surface area (Å²) in [6.07, 6.45) is 2.24. The van der Waals surface area contributed by atoms with Crippen molar-refractivity contribution in [2.45, 2.75) is 32.8 Å². The Labute approximate surface area is 124 Å². The van der Waals surface area contributed by atoms with Gasteiger partial charge < -0.3 is 15.0 Å². The first-order valence-corrected chi connectivity index (χ1v) is 7.49. The molecule has 0 radical (unpaired) electrons. The van der Waals surface area contributed by atoms with E-state index in [0.29, 0.717) is 6.10 Å². The second kappa shape index (κ2) is 7.62. The quantitative estimate of drug-likeness (QED) is 0.736. The average molecular weight is 296 g/mol. The number of imidazole rings is 1. The van der Waals surface area contributed by atoms with E-state index in [1.165, 1.54) is 0 Å². The van der Waals surface area contributed by atoms with Gasteiger partial charge in [0.15, 0.2) is 0 Å². The van der Waals surface area contributed by atoms with E-state index in [4.69, 9.17) is 16.3 Å². The number of rotatable bonds is 8. The van der Waals surface area contributed by atoms with Crippen LogP contribution in [0, 0.1) is 0 Å². The molecule has 20 heavy (non-hydrogen) atoms. The first kappa shape index (κ1) is 15.3. The van der Waals surface area contributed by atoms with Crippen LogP contribution in [0.2, 0.25) is 5.02 Å². The number of fused-ring (bicyclic) bond motifs is 1. The van der Waals surface area contributed by atoms with Crippen LogP contribution in [0.15, 0.2) is 18.2 Å². The molecule has 0 saturated carbocycles. The van der Waals surface area contributed by atoms with Crippen LogP contribution in [-0.4, -0.2) is 35.8 Å². The molecule has 0 aliphatic carbocycles. The van der Waals surface area contributed by atoms with E-state index in [-0.39, 0.29) is 0 Å². The molecule has 0 aliphatic heterocycles. The highest BCUT2D eigenvalue weighted by molar-refractivity contribution is 6.31. The Bertz CT molecular complexity index is 539. The molecule has 4 nitrogen and oxygen atoms in total. The van der Waals surface area contributed by atoms with Crippen molar-refractivity contribution in [3.8, 4) is 0 Å². The van der Waals surface area contributed by atoms with E-state index in [1.807, 2.05) is 18.2 Å². The molecule has 2 N–H and O–H groups in total. The van der Waals surface area contributed by atoms with Gasteiger partial charge in [-0.1, -0.05) is 11.6 Å². The van der Waals surface area contributed by atoms with Gasteiger partial charge in [0.2, 0.25) is 0 Å². The van der Waals surface area contributed by atoms with Crippen LogP contribution in [0.3, 0.4) is 0 Å². The van der Waals surface area contributed by atoms with Gasteiger partial charge in [-0.05, 0) is 45.0 Å². The molecule has 2 aromatic rings. The van der Waals surface area contributed by atoms with E-state index in [1.54, 1.807) is 0 Å². The molecule has 1 heterocycles. The summed E-state index contributed by atoms with van der Waals surface area (Å²) in [5, 5.41) is 4.13. The second-order valence-corrected chi connectivity index (χ2v) is 5.55. The third-order valence-corrected chi connectivity index (χ3v) is 3.22. The molecule has 1 aromatic heterocycles. The molecule has 2 rings (SSSR count). The summed E-state index contributed by atoms with van der Waals surface area (Å²) in [6.45, 7) is 6.81. The summed E-state index contributed by atoms with van der Waals surface area (Å²) in [5.41, 5.74) is 1.97. The average Bonchev–Trinajstić information content (AvgIpc) is 2.79. The Morgan fingerprint density at radius 1 is 1.35 bits per heavy atom. The molecule has 0 saturated heterocycles. The molecule has 0 atom stereocenters. The number of nitrogens with one attached hydrogen (secondary N) is 2. The van der Waals surface area contributed by atoms with Gasteiger partial charge in [0.25, 0.3) is 0 Å². The summed E-state index contributed by atoms with van der Waals surface area (Å²) < 4.78 is 5.49. The Kier molecular flexibility index (Phi) is 5.83. The molecule has 0 amide bonds. The fraction of sp³-hybridized carbons (Fsp3) is 0.533. The first-order valence-electron chi connectivity index (χ1n) is 7.11. The van der Waals surface area contributed by atoms with Gasteiger partial charge in [0.05, 0.1) is 17.1 Å². The highest BCUT2D eigenvalue weighted by Gasteiger charge is 2.02. The fourth-order valence-corrected chi connectivity index (χ4v) is 2.17. The van der Waals surface area contributed by atoms with Crippen molar-refractivity contribution in [2.24, 2.45) is 0 Å². The van der Waals surface area contributed by atoms with Gasteiger partial charge in [-0.3, -0.25) is 0 Å². The number of benzene rings is 1. The van der Waals surface area contributed by atoms with Crippen molar-refractivity contribution in [3.63, 3.8) is 0 Å². The van der Waals surface area contributed by atoms with E-state index in [0.717, 1.165) is 54.4 Å². The van der Waals surface area contributed by atoms with Gasteiger partial charge in [0.1, 0.15) is 5.82 Å². The van der Waals surface area contributed by atoms with E-state index in [2.05, 4.69) is 29.1 Å². The largest absolute Gasteiger partial charge is 0.379 e. The molecule has 110 valence electrons. The lowest BCUT2D eigenvalue weighted by molar-refractivity contribution is 0.0771. The topological polar surface area (TPSA) is 49.9 Å². The number of H-pyrrole nitrogens is 1. The molecular weight excluding hydrogens is 274 g/mol. The Morgan fingerprint density at radius 3 is 3.00 bits per heavy atom. The zero-order chi connectivity index (χ0) is 14.4. The minimum Gasteiger partial charge on any atom is -0.379 e.